The fraction of sp³-hybridized carbons (Fsp3) is 0.0435. The van der Waals surface area contributed by atoms with Crippen LogP contribution in [0.5, 0.6) is 0 Å². The summed E-state index contributed by atoms with van der Waals surface area (Å²) in [6.07, 6.45) is 0. The van der Waals surface area contributed by atoms with Crippen molar-refractivity contribution in [3.63, 3.8) is 0 Å². The third kappa shape index (κ3) is 6.25. The Morgan fingerprint density at radius 3 is 0.948 bits per heavy atom. The molecular weight excluding hydrogens is 770 g/mol. The molecule has 8 aromatic rings. The Morgan fingerprint density at radius 1 is 0.310 bits per heavy atom. The molecule has 290 valence electrons. The van der Waals surface area contributed by atoms with Crippen LogP contribution in [0.25, 0.3) is 32.7 Å². The van der Waals surface area contributed by atoms with E-state index in [9.17, 15) is 26.3 Å². The van der Waals surface area contributed by atoms with Gasteiger partial charge >= 0.3 is 0 Å². The molecule has 0 atom stereocenters. The summed E-state index contributed by atoms with van der Waals surface area (Å²) in [6.45, 7) is 3.15. The smallest absolute Gasteiger partial charge is 0.200 e. The second kappa shape index (κ2) is 14.6. The van der Waals surface area contributed by atoms with Gasteiger partial charge in [-0.2, -0.15) is 0 Å². The van der Waals surface area contributed by atoms with Gasteiger partial charge < -0.3 is 9.80 Å². The molecule has 0 aliphatic carbocycles. The Labute approximate surface area is 324 Å². The molecular formula is C46H26F10N2. The second-order valence-electron chi connectivity index (χ2n) is 13.6. The van der Waals surface area contributed by atoms with Crippen molar-refractivity contribution in [3.8, 4) is 11.1 Å². The van der Waals surface area contributed by atoms with Crippen LogP contribution in [0.1, 0.15) is 11.1 Å². The lowest BCUT2D eigenvalue weighted by Crippen LogP contribution is -2.18. The van der Waals surface area contributed by atoms with E-state index < -0.39 is 69.5 Å². The minimum absolute atomic E-state index is 0.0735. The SMILES string of the molecule is Cc1cc(-c2ccc(N(c3ccc4ccccc4c3)c3c(F)c(F)c(F)c(F)c3F)c(C)c2)ccc1N(c1ccc2ccccc2c1)c1c(F)c(F)c(F)c(F)c1F. The molecule has 58 heavy (non-hydrogen) atoms. The van der Waals surface area contributed by atoms with Crippen LogP contribution in [0.15, 0.2) is 121 Å². The van der Waals surface area contributed by atoms with Gasteiger partial charge in [-0.1, -0.05) is 72.8 Å². The lowest BCUT2D eigenvalue weighted by molar-refractivity contribution is 0.380. The van der Waals surface area contributed by atoms with E-state index in [1.807, 2.05) is 0 Å². The normalized spacial score (nSPS) is 11.4. The molecule has 0 N–H and O–H groups in total. The first-order valence-corrected chi connectivity index (χ1v) is 17.6. The van der Waals surface area contributed by atoms with Crippen LogP contribution in [-0.2, 0) is 0 Å². The van der Waals surface area contributed by atoms with Gasteiger partial charge in [0.2, 0.25) is 11.6 Å². The summed E-state index contributed by atoms with van der Waals surface area (Å²) in [7, 11) is 0. The molecule has 8 aromatic carbocycles. The predicted molar refractivity (Wildman–Crippen MR) is 205 cm³/mol. The average molecular weight is 797 g/mol. The van der Waals surface area contributed by atoms with Crippen molar-refractivity contribution in [2.75, 3.05) is 9.80 Å². The van der Waals surface area contributed by atoms with Gasteiger partial charge in [0, 0.05) is 22.7 Å². The van der Waals surface area contributed by atoms with Gasteiger partial charge in [0.15, 0.2) is 46.5 Å². The highest BCUT2D eigenvalue weighted by molar-refractivity contribution is 5.92. The highest BCUT2D eigenvalue weighted by Crippen LogP contribution is 2.45. The molecule has 0 amide bonds. The van der Waals surface area contributed by atoms with E-state index in [1.54, 1.807) is 111 Å². The van der Waals surface area contributed by atoms with E-state index in [-0.39, 0.29) is 22.7 Å². The number of nitrogens with zero attached hydrogens (tertiary/aromatic N) is 2. The third-order valence-electron chi connectivity index (χ3n) is 10.0. The minimum atomic E-state index is -2.30. The van der Waals surface area contributed by atoms with Crippen molar-refractivity contribution in [2.45, 2.75) is 13.8 Å². The van der Waals surface area contributed by atoms with Crippen LogP contribution in [0.4, 0.5) is 78.0 Å². The second-order valence-corrected chi connectivity index (χ2v) is 13.6. The third-order valence-corrected chi connectivity index (χ3v) is 10.0. The number of aryl methyl sites for hydroxylation is 2. The Kier molecular flexibility index (Phi) is 9.58. The summed E-state index contributed by atoms with van der Waals surface area (Å²) in [6, 6.07) is 32.6. The molecule has 0 spiro atoms. The molecule has 2 nitrogen and oxygen atoms in total. The molecule has 0 saturated carbocycles. The van der Waals surface area contributed by atoms with Crippen molar-refractivity contribution in [2.24, 2.45) is 0 Å². The maximum absolute atomic E-state index is 15.5. The van der Waals surface area contributed by atoms with Crippen LogP contribution >= 0.6 is 0 Å². The number of benzene rings is 8. The molecule has 0 bridgehead atoms. The quantitative estimate of drug-likeness (QED) is 0.0900. The first-order valence-electron chi connectivity index (χ1n) is 17.6. The minimum Gasteiger partial charge on any atom is -0.305 e. The van der Waals surface area contributed by atoms with Gasteiger partial charge in [0.05, 0.1) is 0 Å². The maximum Gasteiger partial charge on any atom is 0.200 e. The Bertz CT molecular complexity index is 2710. The van der Waals surface area contributed by atoms with Crippen molar-refractivity contribution >= 4 is 55.7 Å². The van der Waals surface area contributed by atoms with Gasteiger partial charge in [-0.15, -0.1) is 0 Å². The van der Waals surface area contributed by atoms with Crippen LogP contribution in [0.2, 0.25) is 0 Å². The van der Waals surface area contributed by atoms with E-state index in [0.29, 0.717) is 33.0 Å². The summed E-state index contributed by atoms with van der Waals surface area (Å²) < 4.78 is 149. The van der Waals surface area contributed by atoms with E-state index in [2.05, 4.69) is 0 Å². The topological polar surface area (TPSA) is 6.48 Å². The van der Waals surface area contributed by atoms with Gasteiger partial charge in [0.25, 0.3) is 0 Å². The number of hydrogen-bond donors (Lipinski definition) is 0. The fourth-order valence-corrected chi connectivity index (χ4v) is 7.16. The summed E-state index contributed by atoms with van der Waals surface area (Å²) in [4.78, 5) is 1.89. The summed E-state index contributed by atoms with van der Waals surface area (Å²) in [5.74, 6) is -21.2. The molecule has 0 radical (unpaired) electrons. The van der Waals surface area contributed by atoms with Crippen LogP contribution in [0.3, 0.4) is 0 Å². The van der Waals surface area contributed by atoms with Gasteiger partial charge in [0.1, 0.15) is 11.4 Å². The molecule has 0 heterocycles. The van der Waals surface area contributed by atoms with Crippen molar-refractivity contribution in [1.82, 2.24) is 0 Å². The zero-order valence-electron chi connectivity index (χ0n) is 30.2. The van der Waals surface area contributed by atoms with Crippen molar-refractivity contribution in [3.05, 3.63) is 191 Å². The number of rotatable bonds is 7. The zero-order valence-corrected chi connectivity index (χ0v) is 30.2. The number of hydrogen-bond acceptors (Lipinski definition) is 2. The van der Waals surface area contributed by atoms with Crippen molar-refractivity contribution in [1.29, 1.82) is 0 Å². The molecule has 0 fully saturated rings. The molecule has 12 heteroatoms. The van der Waals surface area contributed by atoms with Crippen molar-refractivity contribution < 1.29 is 43.9 Å². The summed E-state index contributed by atoms with van der Waals surface area (Å²) >= 11 is 0. The largest absolute Gasteiger partial charge is 0.305 e. The van der Waals surface area contributed by atoms with Gasteiger partial charge in [-0.3, -0.25) is 0 Å². The van der Waals surface area contributed by atoms with Gasteiger partial charge in [-0.25, -0.2) is 43.9 Å². The predicted octanol–water partition coefficient (Wildman–Crippen LogP) is 14.6. The molecule has 0 aliphatic rings. The molecule has 0 unspecified atom stereocenters. The van der Waals surface area contributed by atoms with Crippen LogP contribution in [-0.4, -0.2) is 0 Å². The lowest BCUT2D eigenvalue weighted by Gasteiger charge is -2.29. The summed E-state index contributed by atoms with van der Waals surface area (Å²) in [5.41, 5.74) is -0.352. The Balaban J connectivity index is 1.26. The first-order chi connectivity index (χ1) is 27.8. The van der Waals surface area contributed by atoms with E-state index >= 15 is 17.6 Å². The molecule has 8 rings (SSSR count). The number of fused-ring (bicyclic) bond motifs is 2. The first kappa shape index (κ1) is 38.1. The number of halogens is 10. The van der Waals surface area contributed by atoms with Gasteiger partial charge in [-0.05, 0) is 106 Å². The molecule has 0 aliphatic heterocycles. The lowest BCUT2D eigenvalue weighted by atomic mass is 9.98. The average Bonchev–Trinajstić information content (AvgIpc) is 3.24. The summed E-state index contributed by atoms with van der Waals surface area (Å²) in [5, 5.41) is 2.77. The monoisotopic (exact) mass is 796 g/mol. The Morgan fingerprint density at radius 2 is 0.621 bits per heavy atom. The highest BCUT2D eigenvalue weighted by Gasteiger charge is 2.33. The fourth-order valence-electron chi connectivity index (χ4n) is 7.16. The maximum atomic E-state index is 15.5. The highest BCUT2D eigenvalue weighted by atomic mass is 19.2. The van der Waals surface area contributed by atoms with E-state index in [0.717, 1.165) is 20.6 Å². The number of anilines is 6. The molecule has 0 aromatic heterocycles. The van der Waals surface area contributed by atoms with E-state index in [1.165, 1.54) is 24.3 Å². The standard InChI is InChI=1S/C46H26F10N2/c1-23-19-29(13-17-33(23)57(31-15-11-25-7-3-5-9-27(25)21-31)45-41(53)37(49)35(47)38(50)42(45)54)30-14-18-34(24(2)20-30)58(32-16-12-26-8-4-6-10-28(26)22-32)46-43(55)39(51)36(48)40(52)44(46)56/h3-22H,1-2H3. The van der Waals surface area contributed by atoms with Crippen LogP contribution in [0, 0.1) is 72.0 Å². The molecule has 0 saturated heterocycles. The van der Waals surface area contributed by atoms with E-state index in [4.69, 9.17) is 0 Å². The Hall–Kier alpha value is -6.82. The van der Waals surface area contributed by atoms with Crippen LogP contribution < -0.4 is 9.80 Å². The zero-order chi connectivity index (χ0) is 41.2.